The summed E-state index contributed by atoms with van der Waals surface area (Å²) in [5.41, 5.74) is 0.891. The molecular formula is C29H36N2O9S. The third-order valence-corrected chi connectivity index (χ3v) is 8.19. The van der Waals surface area contributed by atoms with Crippen molar-refractivity contribution < 1.29 is 41.6 Å². The summed E-state index contributed by atoms with van der Waals surface area (Å²) < 4.78 is 61.3. The number of carbonyl (C=O) groups excluding carboxylic acids is 1. The average Bonchev–Trinajstić information content (AvgIpc) is 3.01. The van der Waals surface area contributed by atoms with Crippen LogP contribution < -0.4 is 38.0 Å². The van der Waals surface area contributed by atoms with Crippen LogP contribution in [0.3, 0.4) is 0 Å². The van der Waals surface area contributed by atoms with Crippen LogP contribution in [0.2, 0.25) is 0 Å². The molecule has 0 fully saturated rings. The molecular weight excluding hydrogens is 552 g/mol. The van der Waals surface area contributed by atoms with E-state index >= 15 is 0 Å². The molecule has 0 heterocycles. The molecule has 3 rings (SSSR count). The molecule has 0 aliphatic heterocycles. The highest BCUT2D eigenvalue weighted by Crippen LogP contribution is 2.38. The van der Waals surface area contributed by atoms with E-state index in [0.717, 1.165) is 9.87 Å². The smallest absolute Gasteiger partial charge is 0.265 e. The van der Waals surface area contributed by atoms with E-state index in [9.17, 15) is 13.2 Å². The molecule has 0 aliphatic carbocycles. The minimum absolute atomic E-state index is 0.111. The third kappa shape index (κ3) is 6.88. The normalized spacial score (nSPS) is 11.7. The number of amides is 1. The average molecular weight is 589 g/mol. The largest absolute Gasteiger partial charge is 0.497 e. The fraction of sp³-hybridized carbons (Fsp3) is 0.345. The third-order valence-electron chi connectivity index (χ3n) is 6.44. The second kappa shape index (κ2) is 13.8. The van der Waals surface area contributed by atoms with Gasteiger partial charge in [-0.15, -0.1) is 0 Å². The molecule has 0 radical (unpaired) electrons. The van der Waals surface area contributed by atoms with Crippen molar-refractivity contribution in [3.05, 3.63) is 60.2 Å². The van der Waals surface area contributed by atoms with Gasteiger partial charge >= 0.3 is 0 Å². The van der Waals surface area contributed by atoms with Gasteiger partial charge in [0.1, 0.15) is 18.0 Å². The van der Waals surface area contributed by atoms with Crippen LogP contribution in [0.4, 0.5) is 5.69 Å². The summed E-state index contributed by atoms with van der Waals surface area (Å²) in [6, 6.07) is 13.8. The van der Waals surface area contributed by atoms with Gasteiger partial charge in [-0.1, -0.05) is 13.0 Å². The Morgan fingerprint density at radius 3 is 1.85 bits per heavy atom. The summed E-state index contributed by atoms with van der Waals surface area (Å²) in [4.78, 5) is 13.4. The Balaban J connectivity index is 2.05. The van der Waals surface area contributed by atoms with Crippen LogP contribution in [0, 0.1) is 0 Å². The van der Waals surface area contributed by atoms with Crippen molar-refractivity contribution >= 4 is 21.6 Å². The zero-order valence-corrected chi connectivity index (χ0v) is 25.0. The second-order valence-corrected chi connectivity index (χ2v) is 10.6. The van der Waals surface area contributed by atoms with E-state index in [1.807, 2.05) is 13.0 Å². The topological polar surface area (TPSA) is 122 Å². The van der Waals surface area contributed by atoms with Crippen LogP contribution >= 0.6 is 0 Å². The summed E-state index contributed by atoms with van der Waals surface area (Å²) in [5, 5.41) is 2.94. The van der Waals surface area contributed by atoms with Crippen molar-refractivity contribution in [3.8, 4) is 34.5 Å². The summed E-state index contributed by atoms with van der Waals surface area (Å²) in [6.45, 7) is 1.36. The number of ether oxygens (including phenoxy) is 6. The first kappa shape index (κ1) is 31.2. The van der Waals surface area contributed by atoms with E-state index in [4.69, 9.17) is 28.4 Å². The first-order valence-electron chi connectivity index (χ1n) is 12.6. The maximum Gasteiger partial charge on any atom is 0.265 e. The molecule has 12 heteroatoms. The van der Waals surface area contributed by atoms with E-state index < -0.39 is 28.5 Å². The lowest BCUT2D eigenvalue weighted by Gasteiger charge is -2.27. The number of hydrogen-bond donors (Lipinski definition) is 1. The van der Waals surface area contributed by atoms with Crippen LogP contribution in [0.1, 0.15) is 24.9 Å². The van der Waals surface area contributed by atoms with Crippen LogP contribution in [0.5, 0.6) is 34.5 Å². The predicted molar refractivity (Wildman–Crippen MR) is 154 cm³/mol. The van der Waals surface area contributed by atoms with Gasteiger partial charge in [0.05, 0.1) is 59.3 Å². The van der Waals surface area contributed by atoms with Crippen LogP contribution in [-0.2, 0) is 14.8 Å². The number of methoxy groups -OCH3 is 6. The van der Waals surface area contributed by atoms with Crippen molar-refractivity contribution in [1.82, 2.24) is 5.32 Å². The first-order valence-corrected chi connectivity index (χ1v) is 14.1. The number of nitrogens with one attached hydrogen (secondary N) is 1. The van der Waals surface area contributed by atoms with Crippen molar-refractivity contribution in [2.24, 2.45) is 0 Å². The maximum atomic E-state index is 14.1. The number of benzene rings is 3. The molecule has 0 saturated carbocycles. The highest BCUT2D eigenvalue weighted by Gasteiger charge is 2.31. The maximum absolute atomic E-state index is 14.1. The monoisotopic (exact) mass is 588 g/mol. The minimum atomic E-state index is -4.33. The molecule has 0 bridgehead atoms. The molecule has 0 aliphatic rings. The first-order chi connectivity index (χ1) is 19.7. The van der Waals surface area contributed by atoms with E-state index in [2.05, 4.69) is 5.32 Å². The molecule has 222 valence electrons. The molecule has 3 aromatic carbocycles. The lowest BCUT2D eigenvalue weighted by molar-refractivity contribution is -0.120. The molecule has 1 unspecified atom stereocenters. The lowest BCUT2D eigenvalue weighted by Crippen LogP contribution is -2.42. The fourth-order valence-corrected chi connectivity index (χ4v) is 5.70. The summed E-state index contributed by atoms with van der Waals surface area (Å²) in [6.07, 6.45) is 0.534. The number of anilines is 1. The van der Waals surface area contributed by atoms with Crippen molar-refractivity contribution in [3.63, 3.8) is 0 Å². The Morgan fingerprint density at radius 1 is 0.732 bits per heavy atom. The minimum Gasteiger partial charge on any atom is -0.497 e. The number of rotatable bonds is 14. The Labute approximate surface area is 240 Å². The molecule has 1 N–H and O–H groups in total. The quantitative estimate of drug-likeness (QED) is 0.295. The highest BCUT2D eigenvalue weighted by molar-refractivity contribution is 7.92. The van der Waals surface area contributed by atoms with Crippen molar-refractivity contribution in [2.45, 2.75) is 24.3 Å². The standard InChI is InChI=1S/C29H36N2O9S/c1-8-22(19-9-12-25(37-4)27(15-19)39-6)30-29(32)18-31(23-16-20(35-2)10-13-24(23)36-3)41(33,34)21-11-14-26(38-5)28(17-21)40-7/h9-17,22H,8,18H2,1-7H3,(H,30,32). The zero-order valence-electron chi connectivity index (χ0n) is 24.2. The van der Waals surface area contributed by atoms with Crippen molar-refractivity contribution in [1.29, 1.82) is 0 Å². The van der Waals surface area contributed by atoms with E-state index in [-0.39, 0.29) is 22.1 Å². The Hall–Kier alpha value is -4.32. The molecule has 0 saturated heterocycles. The van der Waals surface area contributed by atoms with Gasteiger partial charge < -0.3 is 33.7 Å². The van der Waals surface area contributed by atoms with E-state index in [0.29, 0.717) is 29.4 Å². The fourth-order valence-electron chi connectivity index (χ4n) is 4.26. The molecule has 0 aromatic heterocycles. The van der Waals surface area contributed by atoms with Crippen LogP contribution in [0.15, 0.2) is 59.5 Å². The van der Waals surface area contributed by atoms with Gasteiger partial charge in [-0.2, -0.15) is 0 Å². The molecule has 41 heavy (non-hydrogen) atoms. The van der Waals surface area contributed by atoms with Gasteiger partial charge in [-0.25, -0.2) is 8.42 Å². The highest BCUT2D eigenvalue weighted by atomic mass is 32.2. The van der Waals surface area contributed by atoms with Crippen LogP contribution in [0.25, 0.3) is 0 Å². The molecule has 11 nitrogen and oxygen atoms in total. The van der Waals surface area contributed by atoms with Crippen molar-refractivity contribution in [2.75, 3.05) is 53.5 Å². The number of carbonyl (C=O) groups is 1. The van der Waals surface area contributed by atoms with Gasteiger partial charge in [0.15, 0.2) is 23.0 Å². The van der Waals surface area contributed by atoms with E-state index in [1.54, 1.807) is 24.3 Å². The second-order valence-electron chi connectivity index (χ2n) is 8.71. The lowest BCUT2D eigenvalue weighted by atomic mass is 10.0. The van der Waals surface area contributed by atoms with Gasteiger partial charge in [-0.3, -0.25) is 9.10 Å². The van der Waals surface area contributed by atoms with Gasteiger partial charge in [0.2, 0.25) is 5.91 Å². The van der Waals surface area contributed by atoms with Crippen LogP contribution in [-0.4, -0.2) is 63.5 Å². The zero-order chi connectivity index (χ0) is 30.2. The SMILES string of the molecule is CCC(NC(=O)CN(c1cc(OC)ccc1OC)S(=O)(=O)c1ccc(OC)c(OC)c1)c1ccc(OC)c(OC)c1. The molecule has 3 aromatic rings. The molecule has 1 amide bonds. The molecule has 0 spiro atoms. The Kier molecular flexibility index (Phi) is 10.5. The Morgan fingerprint density at radius 2 is 1.29 bits per heavy atom. The summed E-state index contributed by atoms with van der Waals surface area (Å²) in [7, 11) is 4.47. The molecule has 1 atom stereocenters. The Bertz CT molecular complexity index is 1460. The van der Waals surface area contributed by atoms with Gasteiger partial charge in [0.25, 0.3) is 10.0 Å². The van der Waals surface area contributed by atoms with Gasteiger partial charge in [0, 0.05) is 12.1 Å². The number of hydrogen-bond acceptors (Lipinski definition) is 9. The van der Waals surface area contributed by atoms with E-state index in [1.165, 1.54) is 66.9 Å². The summed E-state index contributed by atoms with van der Waals surface area (Å²) >= 11 is 0. The van der Waals surface area contributed by atoms with Gasteiger partial charge in [-0.05, 0) is 48.4 Å². The summed E-state index contributed by atoms with van der Waals surface area (Å²) in [5.74, 6) is 1.71. The number of nitrogens with zero attached hydrogens (tertiary/aromatic N) is 1. The number of sulfonamides is 1. The predicted octanol–water partition coefficient (Wildman–Crippen LogP) is 4.20.